The van der Waals surface area contributed by atoms with E-state index in [2.05, 4.69) is 19.2 Å². The van der Waals surface area contributed by atoms with Crippen LogP contribution in [0.15, 0.2) is 18.2 Å². The smallest absolute Gasteiger partial charge is 0.129 e. The number of thioether (sulfide) groups is 1. The van der Waals surface area contributed by atoms with Gasteiger partial charge in [0, 0.05) is 22.4 Å². The zero-order chi connectivity index (χ0) is 12.1. The first kappa shape index (κ1) is 13.8. The molecule has 0 aliphatic carbocycles. The van der Waals surface area contributed by atoms with E-state index in [1.807, 2.05) is 18.8 Å². The van der Waals surface area contributed by atoms with Crippen LogP contribution in [0.25, 0.3) is 0 Å². The molecule has 0 saturated carbocycles. The highest BCUT2D eigenvalue weighted by molar-refractivity contribution is 7.99. The zero-order valence-corrected chi connectivity index (χ0v) is 11.3. The van der Waals surface area contributed by atoms with Gasteiger partial charge in [0.25, 0.3) is 0 Å². The summed E-state index contributed by atoms with van der Waals surface area (Å²) in [4.78, 5) is 0. The molecule has 16 heavy (non-hydrogen) atoms. The van der Waals surface area contributed by atoms with Crippen molar-refractivity contribution in [1.82, 2.24) is 5.32 Å². The van der Waals surface area contributed by atoms with Crippen molar-refractivity contribution in [3.05, 3.63) is 34.6 Å². The first-order chi connectivity index (χ1) is 7.54. The summed E-state index contributed by atoms with van der Waals surface area (Å²) in [6.07, 6.45) is 0. The summed E-state index contributed by atoms with van der Waals surface area (Å²) in [5.74, 6) is 0.614. The predicted octanol–water partition coefficient (Wildman–Crippen LogP) is 3.88. The number of benzene rings is 1. The summed E-state index contributed by atoms with van der Waals surface area (Å²) >= 11 is 7.54. The van der Waals surface area contributed by atoms with Crippen molar-refractivity contribution in [3.8, 4) is 0 Å². The van der Waals surface area contributed by atoms with E-state index < -0.39 is 0 Å². The van der Waals surface area contributed by atoms with Crippen LogP contribution >= 0.6 is 23.4 Å². The molecule has 0 fully saturated rings. The van der Waals surface area contributed by atoms with Gasteiger partial charge in [0.15, 0.2) is 0 Å². The highest BCUT2D eigenvalue weighted by Gasteiger charge is 2.14. The lowest BCUT2D eigenvalue weighted by atomic mass is 10.1. The molecule has 0 radical (unpaired) electrons. The molecule has 0 amide bonds. The Morgan fingerprint density at radius 3 is 2.62 bits per heavy atom. The second-order valence-corrected chi connectivity index (χ2v) is 5.94. The van der Waals surface area contributed by atoms with Gasteiger partial charge in [-0.2, -0.15) is 11.8 Å². The molecule has 0 aromatic heterocycles. The van der Waals surface area contributed by atoms with Gasteiger partial charge in [-0.3, -0.25) is 0 Å². The maximum Gasteiger partial charge on any atom is 0.129 e. The van der Waals surface area contributed by atoms with Crippen molar-refractivity contribution in [2.24, 2.45) is 0 Å². The van der Waals surface area contributed by atoms with Crippen LogP contribution in [0.3, 0.4) is 0 Å². The molecule has 4 heteroatoms. The Morgan fingerprint density at radius 2 is 2.12 bits per heavy atom. The van der Waals surface area contributed by atoms with E-state index in [-0.39, 0.29) is 11.9 Å². The molecule has 1 rings (SSSR count). The van der Waals surface area contributed by atoms with Gasteiger partial charge in [-0.15, -0.1) is 0 Å². The molecule has 0 bridgehead atoms. The lowest BCUT2D eigenvalue weighted by molar-refractivity contribution is 0.565. The molecule has 0 aliphatic heterocycles. The molecule has 0 aliphatic rings. The highest BCUT2D eigenvalue weighted by Crippen LogP contribution is 2.25. The third kappa shape index (κ3) is 3.96. The third-order valence-electron chi connectivity index (χ3n) is 2.28. The monoisotopic (exact) mass is 261 g/mol. The molecule has 1 aromatic carbocycles. The maximum atomic E-state index is 13.7. The average molecular weight is 262 g/mol. The fourth-order valence-corrected chi connectivity index (χ4v) is 2.48. The van der Waals surface area contributed by atoms with Crippen LogP contribution < -0.4 is 5.32 Å². The van der Waals surface area contributed by atoms with Crippen molar-refractivity contribution in [1.29, 1.82) is 0 Å². The van der Waals surface area contributed by atoms with E-state index in [0.717, 1.165) is 5.75 Å². The second kappa shape index (κ2) is 6.48. The number of hydrogen-bond donors (Lipinski definition) is 1. The lowest BCUT2D eigenvalue weighted by Crippen LogP contribution is -2.20. The average Bonchev–Trinajstić information content (AvgIpc) is 2.21. The SMILES string of the molecule is CNC(CSC(C)C)c1ccc(Cl)cc1F. The Morgan fingerprint density at radius 1 is 1.44 bits per heavy atom. The van der Waals surface area contributed by atoms with Gasteiger partial charge < -0.3 is 5.32 Å². The number of halogens is 2. The van der Waals surface area contributed by atoms with Gasteiger partial charge in [0.2, 0.25) is 0 Å². The van der Waals surface area contributed by atoms with E-state index in [1.165, 1.54) is 6.07 Å². The fraction of sp³-hybridized carbons (Fsp3) is 0.500. The lowest BCUT2D eigenvalue weighted by Gasteiger charge is -2.18. The van der Waals surface area contributed by atoms with Crippen molar-refractivity contribution < 1.29 is 4.39 Å². The van der Waals surface area contributed by atoms with Gasteiger partial charge >= 0.3 is 0 Å². The third-order valence-corrected chi connectivity index (χ3v) is 3.71. The van der Waals surface area contributed by atoms with Gasteiger partial charge in [0.05, 0.1) is 0 Å². The Labute approximate surface area is 106 Å². The van der Waals surface area contributed by atoms with E-state index in [9.17, 15) is 4.39 Å². The van der Waals surface area contributed by atoms with E-state index >= 15 is 0 Å². The maximum absolute atomic E-state index is 13.7. The number of nitrogens with one attached hydrogen (secondary N) is 1. The largest absolute Gasteiger partial charge is 0.312 e. The molecule has 0 spiro atoms. The van der Waals surface area contributed by atoms with Crippen molar-refractivity contribution >= 4 is 23.4 Å². The van der Waals surface area contributed by atoms with Crippen LogP contribution in [0.2, 0.25) is 5.02 Å². The van der Waals surface area contributed by atoms with Gasteiger partial charge in [0.1, 0.15) is 5.82 Å². The molecule has 0 saturated heterocycles. The van der Waals surface area contributed by atoms with Gasteiger partial charge in [-0.25, -0.2) is 4.39 Å². The van der Waals surface area contributed by atoms with Crippen LogP contribution in [0, 0.1) is 5.82 Å². The van der Waals surface area contributed by atoms with Crippen molar-refractivity contribution in [3.63, 3.8) is 0 Å². The Balaban J connectivity index is 2.78. The molecule has 0 heterocycles. The molecular weight excluding hydrogens is 245 g/mol. The summed E-state index contributed by atoms with van der Waals surface area (Å²) in [5, 5.41) is 4.12. The molecule has 1 N–H and O–H groups in total. The number of hydrogen-bond acceptors (Lipinski definition) is 2. The van der Waals surface area contributed by atoms with Crippen LogP contribution in [0.5, 0.6) is 0 Å². The fourth-order valence-electron chi connectivity index (χ4n) is 1.40. The summed E-state index contributed by atoms with van der Waals surface area (Å²) in [6.45, 7) is 4.27. The van der Waals surface area contributed by atoms with Crippen molar-refractivity contribution in [2.45, 2.75) is 25.1 Å². The van der Waals surface area contributed by atoms with Gasteiger partial charge in [-0.05, 0) is 24.4 Å². The topological polar surface area (TPSA) is 12.0 Å². The first-order valence-electron chi connectivity index (χ1n) is 5.28. The van der Waals surface area contributed by atoms with E-state index in [4.69, 9.17) is 11.6 Å². The minimum absolute atomic E-state index is 0.0321. The van der Waals surface area contributed by atoms with Crippen LogP contribution in [0.1, 0.15) is 25.5 Å². The van der Waals surface area contributed by atoms with Crippen LogP contribution in [-0.2, 0) is 0 Å². The summed E-state index contributed by atoms with van der Waals surface area (Å²) in [5.41, 5.74) is 0.681. The van der Waals surface area contributed by atoms with Crippen LogP contribution in [0.4, 0.5) is 4.39 Å². The van der Waals surface area contributed by atoms with E-state index in [0.29, 0.717) is 15.8 Å². The molecule has 1 atom stereocenters. The second-order valence-electron chi connectivity index (χ2n) is 3.89. The summed E-state index contributed by atoms with van der Waals surface area (Å²) in [7, 11) is 1.85. The first-order valence-corrected chi connectivity index (χ1v) is 6.71. The van der Waals surface area contributed by atoms with Crippen molar-refractivity contribution in [2.75, 3.05) is 12.8 Å². The van der Waals surface area contributed by atoms with Crippen LogP contribution in [-0.4, -0.2) is 18.1 Å². The minimum atomic E-state index is -0.240. The molecule has 1 nitrogen and oxygen atoms in total. The van der Waals surface area contributed by atoms with Gasteiger partial charge in [-0.1, -0.05) is 31.5 Å². The molecular formula is C12H17ClFNS. The van der Waals surface area contributed by atoms with E-state index in [1.54, 1.807) is 12.1 Å². The minimum Gasteiger partial charge on any atom is -0.312 e. The standard InChI is InChI=1S/C12H17ClFNS/c1-8(2)16-7-12(15-3)10-5-4-9(13)6-11(10)14/h4-6,8,12,15H,7H2,1-3H3. The molecule has 90 valence electrons. The molecule has 1 aromatic rings. The Bertz CT molecular complexity index is 344. The quantitative estimate of drug-likeness (QED) is 0.863. The summed E-state index contributed by atoms with van der Waals surface area (Å²) < 4.78 is 13.7. The zero-order valence-electron chi connectivity index (χ0n) is 9.76. The predicted molar refractivity (Wildman–Crippen MR) is 70.8 cm³/mol. The normalized spacial score (nSPS) is 13.1. The number of rotatable bonds is 5. The Kier molecular flexibility index (Phi) is 5.59. The summed E-state index contributed by atoms with van der Waals surface area (Å²) in [6, 6.07) is 4.87. The Hall–Kier alpha value is -0.250. The highest BCUT2D eigenvalue weighted by atomic mass is 35.5. The molecule has 1 unspecified atom stereocenters.